The number of benzene rings is 3. The van der Waals surface area contributed by atoms with Crippen LogP contribution in [0.5, 0.6) is 0 Å². The molecule has 3 aromatic rings. The predicted molar refractivity (Wildman–Crippen MR) is 123 cm³/mol. The van der Waals surface area contributed by atoms with Crippen LogP contribution in [0.3, 0.4) is 0 Å². The Bertz CT molecular complexity index is 1120. The number of carbonyl (C=O) groups is 2. The zero-order valence-electron chi connectivity index (χ0n) is 17.3. The van der Waals surface area contributed by atoms with Crippen molar-refractivity contribution >= 4 is 29.0 Å². The van der Waals surface area contributed by atoms with Gasteiger partial charge in [0.2, 0.25) is 0 Å². The minimum Gasteiger partial charge on any atom is -0.356 e. The first-order valence-electron chi connectivity index (χ1n) is 10.2. The highest BCUT2D eigenvalue weighted by Crippen LogP contribution is 2.19. The lowest BCUT2D eigenvalue weighted by Gasteiger charge is -2.33. The van der Waals surface area contributed by atoms with Gasteiger partial charge in [0.25, 0.3) is 11.8 Å². The number of aryl methyl sites for hydroxylation is 1. The number of likely N-dealkylation sites (tertiary alicyclic amines) is 1. The van der Waals surface area contributed by atoms with Gasteiger partial charge in [-0.1, -0.05) is 42.0 Å². The molecule has 156 valence electrons. The predicted octanol–water partition coefficient (Wildman–Crippen LogP) is 4.53. The van der Waals surface area contributed by atoms with Gasteiger partial charge in [0.05, 0.1) is 11.3 Å². The maximum Gasteiger partial charge on any atom is 0.257 e. The molecular weight excluding hydrogens is 388 g/mol. The van der Waals surface area contributed by atoms with Crippen molar-refractivity contribution < 1.29 is 9.59 Å². The van der Waals surface area contributed by atoms with E-state index in [4.69, 9.17) is 5.41 Å². The van der Waals surface area contributed by atoms with Gasteiger partial charge in [-0.3, -0.25) is 15.0 Å². The molecule has 0 unspecified atom stereocenters. The lowest BCUT2D eigenvalue weighted by molar-refractivity contribution is 0.102. The Hall–Kier alpha value is -3.93. The van der Waals surface area contributed by atoms with Crippen molar-refractivity contribution in [2.24, 2.45) is 0 Å². The van der Waals surface area contributed by atoms with E-state index in [1.807, 2.05) is 36.1 Å². The standard InChI is InChI=1S/C25H24N4O2/c1-17-7-13-20(14-8-17)27-25(31)21-5-2-3-6-22(21)28-24(30)19-11-9-18(10-12-19)23(26)29-15-4-16-29/h2-3,5-14,26H,4,15-16H2,1H3,(H,27,31)(H,28,30). The first-order chi connectivity index (χ1) is 15.0. The Morgan fingerprint density at radius 3 is 2.10 bits per heavy atom. The van der Waals surface area contributed by atoms with Gasteiger partial charge in [-0.25, -0.2) is 0 Å². The molecule has 31 heavy (non-hydrogen) atoms. The van der Waals surface area contributed by atoms with E-state index in [-0.39, 0.29) is 11.8 Å². The zero-order valence-corrected chi connectivity index (χ0v) is 17.3. The largest absolute Gasteiger partial charge is 0.356 e. The van der Waals surface area contributed by atoms with E-state index in [9.17, 15) is 9.59 Å². The van der Waals surface area contributed by atoms with Gasteiger partial charge < -0.3 is 15.5 Å². The molecule has 0 bridgehead atoms. The number of amides is 2. The van der Waals surface area contributed by atoms with Crippen LogP contribution >= 0.6 is 0 Å². The van der Waals surface area contributed by atoms with Crippen LogP contribution in [0.1, 0.15) is 38.3 Å². The number of hydrogen-bond acceptors (Lipinski definition) is 3. The molecule has 0 aromatic heterocycles. The summed E-state index contributed by atoms with van der Waals surface area (Å²) in [7, 11) is 0. The van der Waals surface area contributed by atoms with Crippen molar-refractivity contribution in [1.29, 1.82) is 5.41 Å². The van der Waals surface area contributed by atoms with E-state index in [0.717, 1.165) is 30.6 Å². The summed E-state index contributed by atoms with van der Waals surface area (Å²) >= 11 is 0. The van der Waals surface area contributed by atoms with Gasteiger partial charge >= 0.3 is 0 Å². The van der Waals surface area contributed by atoms with Gasteiger partial charge in [-0.2, -0.15) is 0 Å². The van der Waals surface area contributed by atoms with Crippen molar-refractivity contribution in [1.82, 2.24) is 4.90 Å². The summed E-state index contributed by atoms with van der Waals surface area (Å²) in [5.41, 5.74) is 3.87. The van der Waals surface area contributed by atoms with Crippen LogP contribution in [0.2, 0.25) is 0 Å². The second kappa shape index (κ2) is 8.83. The fraction of sp³-hybridized carbons (Fsp3) is 0.160. The molecule has 2 amide bonds. The van der Waals surface area contributed by atoms with Crippen molar-refractivity contribution in [3.63, 3.8) is 0 Å². The van der Waals surface area contributed by atoms with Gasteiger partial charge in [-0.05, 0) is 49.7 Å². The molecule has 1 aliphatic heterocycles. The molecular formula is C25H24N4O2. The molecule has 0 aliphatic carbocycles. The summed E-state index contributed by atoms with van der Waals surface area (Å²) in [6.45, 7) is 3.79. The number of para-hydroxylation sites is 1. The summed E-state index contributed by atoms with van der Waals surface area (Å²) in [4.78, 5) is 27.5. The molecule has 0 atom stereocenters. The summed E-state index contributed by atoms with van der Waals surface area (Å²) in [6, 6.07) is 21.4. The summed E-state index contributed by atoms with van der Waals surface area (Å²) in [5, 5.41) is 13.9. The number of amidine groups is 1. The molecule has 3 aromatic carbocycles. The Kier molecular flexibility index (Phi) is 5.80. The van der Waals surface area contributed by atoms with Crippen LogP contribution in [0, 0.1) is 12.3 Å². The molecule has 1 heterocycles. The molecule has 1 saturated heterocycles. The molecule has 6 nitrogen and oxygen atoms in total. The third-order valence-corrected chi connectivity index (χ3v) is 5.32. The van der Waals surface area contributed by atoms with Crippen LogP contribution in [0.25, 0.3) is 0 Å². The second-order valence-corrected chi connectivity index (χ2v) is 7.59. The van der Waals surface area contributed by atoms with Crippen LogP contribution in [0.15, 0.2) is 72.8 Å². The van der Waals surface area contributed by atoms with E-state index in [1.54, 1.807) is 48.5 Å². The molecule has 0 radical (unpaired) electrons. The molecule has 1 fully saturated rings. The number of rotatable bonds is 5. The molecule has 0 spiro atoms. The Balaban J connectivity index is 1.46. The summed E-state index contributed by atoms with van der Waals surface area (Å²) < 4.78 is 0. The maximum absolute atomic E-state index is 12.8. The van der Waals surface area contributed by atoms with Crippen molar-refractivity contribution in [2.75, 3.05) is 23.7 Å². The van der Waals surface area contributed by atoms with Crippen LogP contribution in [0.4, 0.5) is 11.4 Å². The minimum atomic E-state index is -0.308. The Morgan fingerprint density at radius 1 is 0.806 bits per heavy atom. The number of anilines is 2. The van der Waals surface area contributed by atoms with Crippen LogP contribution < -0.4 is 10.6 Å². The summed E-state index contributed by atoms with van der Waals surface area (Å²) in [5.74, 6) is -0.118. The lowest BCUT2D eigenvalue weighted by Crippen LogP contribution is -2.42. The van der Waals surface area contributed by atoms with Crippen molar-refractivity contribution in [3.8, 4) is 0 Å². The average molecular weight is 412 g/mol. The highest BCUT2D eigenvalue weighted by atomic mass is 16.2. The van der Waals surface area contributed by atoms with E-state index < -0.39 is 0 Å². The number of nitrogens with zero attached hydrogens (tertiary/aromatic N) is 1. The monoisotopic (exact) mass is 412 g/mol. The Morgan fingerprint density at radius 2 is 1.45 bits per heavy atom. The first-order valence-corrected chi connectivity index (χ1v) is 10.2. The highest BCUT2D eigenvalue weighted by Gasteiger charge is 2.19. The van der Waals surface area contributed by atoms with Gasteiger partial charge in [-0.15, -0.1) is 0 Å². The zero-order chi connectivity index (χ0) is 21.8. The van der Waals surface area contributed by atoms with Crippen molar-refractivity contribution in [3.05, 3.63) is 95.1 Å². The van der Waals surface area contributed by atoms with Gasteiger partial charge in [0, 0.05) is 29.9 Å². The van der Waals surface area contributed by atoms with Crippen molar-refractivity contribution in [2.45, 2.75) is 13.3 Å². The number of nitrogens with one attached hydrogen (secondary N) is 3. The Labute approximate surface area is 181 Å². The minimum absolute atomic E-state index is 0.293. The number of hydrogen-bond donors (Lipinski definition) is 3. The van der Waals surface area contributed by atoms with Crippen LogP contribution in [-0.4, -0.2) is 35.6 Å². The van der Waals surface area contributed by atoms with Gasteiger partial charge in [0.15, 0.2) is 0 Å². The highest BCUT2D eigenvalue weighted by molar-refractivity contribution is 6.12. The average Bonchev–Trinajstić information content (AvgIpc) is 2.74. The van der Waals surface area contributed by atoms with Gasteiger partial charge in [0.1, 0.15) is 5.84 Å². The fourth-order valence-electron chi connectivity index (χ4n) is 3.32. The van der Waals surface area contributed by atoms with Crippen LogP contribution in [-0.2, 0) is 0 Å². The molecule has 1 aliphatic rings. The number of carbonyl (C=O) groups excluding carboxylic acids is 2. The maximum atomic E-state index is 12.8. The van der Waals surface area contributed by atoms with E-state index in [1.165, 1.54) is 0 Å². The fourth-order valence-corrected chi connectivity index (χ4v) is 3.32. The molecule has 3 N–H and O–H groups in total. The first kappa shape index (κ1) is 20.3. The molecule has 0 saturated carbocycles. The molecule has 4 rings (SSSR count). The van der Waals surface area contributed by atoms with E-state index >= 15 is 0 Å². The lowest BCUT2D eigenvalue weighted by atomic mass is 10.1. The normalized spacial score (nSPS) is 12.6. The quantitative estimate of drug-likeness (QED) is 0.425. The smallest absolute Gasteiger partial charge is 0.257 e. The third-order valence-electron chi connectivity index (χ3n) is 5.32. The SMILES string of the molecule is Cc1ccc(NC(=O)c2ccccc2NC(=O)c2ccc(C(=N)N3CCC3)cc2)cc1. The topological polar surface area (TPSA) is 85.3 Å². The summed E-state index contributed by atoms with van der Waals surface area (Å²) in [6.07, 6.45) is 1.11. The molecule has 6 heteroatoms. The third kappa shape index (κ3) is 4.64. The van der Waals surface area contributed by atoms with E-state index in [2.05, 4.69) is 10.6 Å². The second-order valence-electron chi connectivity index (χ2n) is 7.59. The van der Waals surface area contributed by atoms with E-state index in [0.29, 0.717) is 28.3 Å².